The molecule has 0 radical (unpaired) electrons. The molecule has 11 nitrogen and oxygen atoms in total. The molecule has 1 fully saturated rings. The molecule has 6 N–H and O–H groups in total. The summed E-state index contributed by atoms with van der Waals surface area (Å²) in [7, 11) is 0. The molecule has 1 aliphatic rings. The number of nitrogens with one attached hydrogen (secondary N) is 1. The third-order valence-electron chi connectivity index (χ3n) is 13.7. The van der Waals surface area contributed by atoms with E-state index in [2.05, 4.69) is 32.2 Å². The summed E-state index contributed by atoms with van der Waals surface area (Å²) in [5.74, 6) is -1.24. The lowest BCUT2D eigenvalue weighted by Gasteiger charge is -2.41. The van der Waals surface area contributed by atoms with Gasteiger partial charge in [0.25, 0.3) is 0 Å². The van der Waals surface area contributed by atoms with E-state index < -0.39 is 67.4 Å². The summed E-state index contributed by atoms with van der Waals surface area (Å²) in [5, 5.41) is 56.8. The van der Waals surface area contributed by atoms with Gasteiger partial charge >= 0.3 is 5.97 Å². The van der Waals surface area contributed by atoms with Gasteiger partial charge in [-0.1, -0.05) is 273 Å². The van der Waals surface area contributed by atoms with Crippen LogP contribution >= 0.6 is 0 Å². The van der Waals surface area contributed by atoms with Crippen molar-refractivity contribution in [3.05, 3.63) is 85.1 Å². The summed E-state index contributed by atoms with van der Waals surface area (Å²) in [5.41, 5.74) is 0. The SMILES string of the molecule is CC\C=C/C=C/C=C/C=C\C=C\C=C\CCCCC(O)C(=O)NC(COC1OC(CO)C(O)C(O)C1OC(=O)CCCCCCCCCCCCCCCCCCC)C(O)/C=C/CCCCCCCCCCCC. The standard InChI is InChI=1S/C63H109NO10/c1-4-7-10-13-16-19-22-25-27-29-31-33-36-39-42-45-48-51-58(68)74-61-60(70)59(69)57(52-65)73-63(61)72-53-54(55(66)49-46-43-40-37-34-24-21-18-15-12-9-6-3)64-62(71)56(67)50-47-44-41-38-35-32-30-28-26-23-20-17-14-11-8-5-2/h8,11,14,17,20,23,26,28,30,32,35,38,46,49,54-57,59-61,63,65-67,69-70H,4-7,9-10,12-13,15-16,18-19,21-22,24-25,27,29,31,33-34,36-37,39-45,47-48,50-53H2,1-3H3,(H,64,71)/b11-8-,17-14+,23-20+,28-26-,32-30+,38-35+,49-46+. The largest absolute Gasteiger partial charge is 0.454 e. The van der Waals surface area contributed by atoms with Gasteiger partial charge in [-0.3, -0.25) is 9.59 Å². The molecule has 1 saturated heterocycles. The van der Waals surface area contributed by atoms with E-state index in [1.807, 2.05) is 72.9 Å². The van der Waals surface area contributed by atoms with Gasteiger partial charge in [0, 0.05) is 6.42 Å². The van der Waals surface area contributed by atoms with E-state index in [-0.39, 0.29) is 19.4 Å². The summed E-state index contributed by atoms with van der Waals surface area (Å²) in [6.07, 6.45) is 54.8. The molecule has 8 atom stereocenters. The number of unbranched alkanes of at least 4 members (excludes halogenated alkanes) is 28. The van der Waals surface area contributed by atoms with E-state index in [9.17, 15) is 35.1 Å². The fourth-order valence-corrected chi connectivity index (χ4v) is 8.98. The molecule has 1 aliphatic heterocycles. The molecule has 0 aliphatic carbocycles. The molecule has 11 heteroatoms. The maximum Gasteiger partial charge on any atom is 0.306 e. The molecule has 1 rings (SSSR count). The van der Waals surface area contributed by atoms with Crippen LogP contribution in [0.3, 0.4) is 0 Å². The maximum absolute atomic E-state index is 13.4. The molecule has 0 aromatic heterocycles. The van der Waals surface area contributed by atoms with Crippen molar-refractivity contribution in [3.63, 3.8) is 0 Å². The Morgan fingerprint density at radius 3 is 1.46 bits per heavy atom. The maximum atomic E-state index is 13.4. The highest BCUT2D eigenvalue weighted by Gasteiger charge is 2.47. The molecule has 0 bridgehead atoms. The summed E-state index contributed by atoms with van der Waals surface area (Å²) in [6, 6.07) is -1.05. The average Bonchev–Trinajstić information content (AvgIpc) is 3.40. The van der Waals surface area contributed by atoms with Crippen molar-refractivity contribution in [2.45, 2.75) is 288 Å². The molecule has 74 heavy (non-hydrogen) atoms. The first-order valence-electron chi connectivity index (χ1n) is 29.9. The van der Waals surface area contributed by atoms with Crippen LogP contribution in [-0.2, 0) is 23.8 Å². The normalized spacial score (nSPS) is 19.9. The summed E-state index contributed by atoms with van der Waals surface area (Å²) in [6.45, 7) is 5.61. The quantitative estimate of drug-likeness (QED) is 0.0149. The molecule has 1 amide bonds. The van der Waals surface area contributed by atoms with Gasteiger partial charge in [0.05, 0.1) is 25.4 Å². The number of esters is 1. The van der Waals surface area contributed by atoms with Crippen LogP contribution < -0.4 is 5.32 Å². The van der Waals surface area contributed by atoms with Gasteiger partial charge in [-0.15, -0.1) is 0 Å². The first kappa shape index (κ1) is 68.9. The Balaban J connectivity index is 2.74. The number of carbonyl (C=O) groups is 2. The third-order valence-corrected chi connectivity index (χ3v) is 13.7. The highest BCUT2D eigenvalue weighted by molar-refractivity contribution is 5.80. The number of allylic oxidation sites excluding steroid dienone is 13. The minimum absolute atomic E-state index is 0.117. The lowest BCUT2D eigenvalue weighted by Crippen LogP contribution is -2.61. The number of aliphatic hydroxyl groups excluding tert-OH is 5. The molecule has 1 heterocycles. The molecular formula is C63H109NO10. The molecular weight excluding hydrogens is 931 g/mol. The minimum Gasteiger partial charge on any atom is -0.454 e. The van der Waals surface area contributed by atoms with Crippen LogP contribution in [0.5, 0.6) is 0 Å². The monoisotopic (exact) mass is 1040 g/mol. The minimum atomic E-state index is -1.62. The van der Waals surface area contributed by atoms with E-state index in [1.165, 1.54) is 128 Å². The number of rotatable bonds is 49. The Labute approximate surface area is 451 Å². The topological polar surface area (TPSA) is 175 Å². The molecule has 426 valence electrons. The predicted molar refractivity (Wildman–Crippen MR) is 306 cm³/mol. The molecule has 0 saturated carbocycles. The van der Waals surface area contributed by atoms with E-state index >= 15 is 0 Å². The van der Waals surface area contributed by atoms with Crippen LogP contribution in [0, 0.1) is 0 Å². The van der Waals surface area contributed by atoms with Gasteiger partial charge in [-0.05, 0) is 44.9 Å². The first-order chi connectivity index (χ1) is 36.2. The Morgan fingerprint density at radius 2 is 0.973 bits per heavy atom. The molecule has 0 aromatic carbocycles. The van der Waals surface area contributed by atoms with Crippen LogP contribution in [-0.4, -0.2) is 99.6 Å². The fourth-order valence-electron chi connectivity index (χ4n) is 8.98. The zero-order valence-electron chi connectivity index (χ0n) is 46.9. The smallest absolute Gasteiger partial charge is 0.306 e. The zero-order chi connectivity index (χ0) is 54.0. The van der Waals surface area contributed by atoms with Gasteiger partial charge in [-0.25, -0.2) is 0 Å². The van der Waals surface area contributed by atoms with Gasteiger partial charge in [0.1, 0.15) is 24.4 Å². The van der Waals surface area contributed by atoms with Crippen molar-refractivity contribution < 1.29 is 49.3 Å². The summed E-state index contributed by atoms with van der Waals surface area (Å²) in [4.78, 5) is 26.5. The van der Waals surface area contributed by atoms with Crippen molar-refractivity contribution >= 4 is 11.9 Å². The van der Waals surface area contributed by atoms with Crippen molar-refractivity contribution in [2.75, 3.05) is 13.2 Å². The van der Waals surface area contributed by atoms with Gasteiger partial charge < -0.3 is 45.1 Å². The van der Waals surface area contributed by atoms with E-state index in [0.717, 1.165) is 64.2 Å². The van der Waals surface area contributed by atoms with Crippen LogP contribution in [0.4, 0.5) is 0 Å². The van der Waals surface area contributed by atoms with Crippen LogP contribution in [0.2, 0.25) is 0 Å². The Kier molecular flexibility index (Phi) is 47.1. The predicted octanol–water partition coefficient (Wildman–Crippen LogP) is 13.8. The van der Waals surface area contributed by atoms with Gasteiger partial charge in [-0.2, -0.15) is 0 Å². The van der Waals surface area contributed by atoms with Crippen molar-refractivity contribution in [2.24, 2.45) is 0 Å². The summed E-state index contributed by atoms with van der Waals surface area (Å²) < 4.78 is 17.6. The van der Waals surface area contributed by atoms with Crippen molar-refractivity contribution in [1.82, 2.24) is 5.32 Å². The molecule has 0 spiro atoms. The second kappa shape index (κ2) is 50.6. The second-order valence-electron chi connectivity index (χ2n) is 20.5. The number of amides is 1. The van der Waals surface area contributed by atoms with Crippen LogP contribution in [0.15, 0.2) is 85.1 Å². The Bertz CT molecular complexity index is 1520. The highest BCUT2D eigenvalue weighted by atomic mass is 16.7. The highest BCUT2D eigenvalue weighted by Crippen LogP contribution is 2.26. The Morgan fingerprint density at radius 1 is 0.541 bits per heavy atom. The van der Waals surface area contributed by atoms with Crippen molar-refractivity contribution in [1.29, 1.82) is 0 Å². The van der Waals surface area contributed by atoms with E-state index in [0.29, 0.717) is 12.8 Å². The number of carbonyl (C=O) groups excluding carboxylic acids is 2. The lowest BCUT2D eigenvalue weighted by molar-refractivity contribution is -0.305. The van der Waals surface area contributed by atoms with E-state index in [4.69, 9.17) is 14.2 Å². The van der Waals surface area contributed by atoms with Gasteiger partial charge in [0.2, 0.25) is 5.91 Å². The number of hydrogen-bond donors (Lipinski definition) is 6. The fraction of sp³-hybridized carbons (Fsp3) is 0.746. The molecule has 8 unspecified atom stereocenters. The average molecular weight is 1040 g/mol. The third kappa shape index (κ3) is 38.4. The second-order valence-corrected chi connectivity index (χ2v) is 20.5. The lowest BCUT2D eigenvalue weighted by atomic mass is 9.99. The number of ether oxygens (including phenoxy) is 3. The summed E-state index contributed by atoms with van der Waals surface area (Å²) >= 11 is 0. The van der Waals surface area contributed by atoms with E-state index in [1.54, 1.807) is 6.08 Å². The molecule has 0 aromatic rings. The number of aliphatic hydroxyl groups is 5. The van der Waals surface area contributed by atoms with Crippen LogP contribution in [0.25, 0.3) is 0 Å². The zero-order valence-corrected chi connectivity index (χ0v) is 46.9. The van der Waals surface area contributed by atoms with Gasteiger partial charge in [0.15, 0.2) is 12.4 Å². The number of hydrogen-bond acceptors (Lipinski definition) is 10. The first-order valence-corrected chi connectivity index (χ1v) is 29.9. The van der Waals surface area contributed by atoms with Crippen molar-refractivity contribution in [3.8, 4) is 0 Å². The van der Waals surface area contributed by atoms with Crippen LogP contribution in [0.1, 0.15) is 239 Å². The Hall–Kier alpha value is -3.16.